The van der Waals surface area contributed by atoms with Gasteiger partial charge in [0.1, 0.15) is 74.5 Å². The molecule has 0 saturated heterocycles. The minimum atomic E-state index is -4.67. The molecule has 0 aliphatic carbocycles. The summed E-state index contributed by atoms with van der Waals surface area (Å²) < 4.78 is 125. The summed E-state index contributed by atoms with van der Waals surface area (Å²) in [5.74, 6) is -8.91. The van der Waals surface area contributed by atoms with E-state index in [1.807, 2.05) is 0 Å². The number of hydrogen-bond donors (Lipinski definition) is 11. The molecule has 0 unspecified atom stereocenters. The molecule has 0 aliphatic rings. The molecule has 2 amide bonds. The average Bonchev–Trinajstić information content (AvgIpc) is 0.754. The fourth-order valence-corrected chi connectivity index (χ4v) is 9.35. The van der Waals surface area contributed by atoms with E-state index < -0.39 is 189 Å². The van der Waals surface area contributed by atoms with E-state index in [0.29, 0.717) is 41.5 Å². The Balaban J connectivity index is -0.000000130. The number of aromatic nitrogens is 3. The van der Waals surface area contributed by atoms with Crippen LogP contribution in [0.15, 0.2) is 92.9 Å². The van der Waals surface area contributed by atoms with E-state index in [4.69, 9.17) is 80.5 Å². The number of nitrogen functional groups attached to an aromatic ring is 1. The Morgan fingerprint density at radius 3 is 1.22 bits per heavy atom. The van der Waals surface area contributed by atoms with E-state index in [9.17, 15) is 131 Å². The number of esters is 2. The number of anilines is 1. The maximum absolute atomic E-state index is 13.7. The second-order valence-electron chi connectivity index (χ2n) is 26.4. The first-order chi connectivity index (χ1) is 58.1. The van der Waals surface area contributed by atoms with Crippen LogP contribution in [-0.2, 0) is 62.4 Å². The molecule has 50 nitrogen and oxygen atoms in total. The van der Waals surface area contributed by atoms with Crippen LogP contribution in [0.25, 0.3) is 21.8 Å². The number of nitrogens with zero attached hydrogens (tertiary/aromatic N) is 11. The molecule has 756 valence electrons. The zero-order valence-corrected chi connectivity index (χ0v) is 80.4. The van der Waals surface area contributed by atoms with Gasteiger partial charge in [0.15, 0.2) is 11.3 Å². The van der Waals surface area contributed by atoms with Gasteiger partial charge in [0.2, 0.25) is 11.8 Å². The van der Waals surface area contributed by atoms with Crippen molar-refractivity contribution in [2.45, 2.75) is 175 Å². The van der Waals surface area contributed by atoms with Crippen molar-refractivity contribution in [1.29, 1.82) is 0 Å². The van der Waals surface area contributed by atoms with Crippen LogP contribution in [0.1, 0.15) is 154 Å². The Morgan fingerprint density at radius 2 is 0.882 bits per heavy atom. The zero-order valence-electron chi connectivity index (χ0n) is 71.9. The second-order valence-corrected chi connectivity index (χ2v) is 27.3. The fourth-order valence-electron chi connectivity index (χ4n) is 9.35. The van der Waals surface area contributed by atoms with Gasteiger partial charge in [-0.2, -0.15) is 21.9 Å². The molecule has 8 aromatic rings. The van der Waals surface area contributed by atoms with Gasteiger partial charge < -0.3 is 63.4 Å². The molecule has 17 N–H and O–H groups in total. The monoisotopic (exact) mass is 2100 g/mol. The van der Waals surface area contributed by atoms with Crippen molar-refractivity contribution in [2.75, 3.05) is 12.3 Å². The Bertz CT molecular complexity index is 5580. The molecule has 136 heavy (non-hydrogen) atoms. The number of halogens is 8. The molecule has 2 heterocycles. The summed E-state index contributed by atoms with van der Waals surface area (Å²) in [6, 6.07) is 9.18. The van der Waals surface area contributed by atoms with Crippen LogP contribution in [0, 0.1) is 150 Å². The molecule has 0 spiro atoms. The molecular weight excluding hydrogens is 1990 g/mol. The van der Waals surface area contributed by atoms with Gasteiger partial charge in [0.05, 0.1) is 94.0 Å². The number of ether oxygens (including phenoxy) is 2. The first-order valence-electron chi connectivity index (χ1n) is 35.2. The molecule has 6 aromatic carbocycles. The zero-order chi connectivity index (χ0) is 99.9. The number of aliphatic hydroxyl groups is 1. The van der Waals surface area contributed by atoms with Crippen molar-refractivity contribution >= 4 is 196 Å². The van der Waals surface area contributed by atoms with Crippen LogP contribution in [0.3, 0.4) is 0 Å². The first kappa shape index (κ1) is 150. The number of rotatable bonds is 19. The first-order valence-corrected chi connectivity index (χ1v) is 44.6. The molecule has 0 bridgehead atoms. The molecule has 0 radical (unpaired) electrons. The predicted octanol–water partition coefficient (Wildman–Crippen LogP) is 12.0. The number of carboxylic acid groups (broad SMARTS) is 1. The van der Waals surface area contributed by atoms with E-state index in [2.05, 4.69) is 14.4 Å². The normalized spacial score (nSPS) is 10.0. The van der Waals surface area contributed by atoms with Gasteiger partial charge in [-0.1, -0.05) is 36.5 Å². The summed E-state index contributed by atoms with van der Waals surface area (Å²) in [7, 11) is -4.67. The van der Waals surface area contributed by atoms with E-state index >= 15 is 0 Å². The molecule has 2 aromatic heterocycles. The average molecular weight is 2100 g/mol. The van der Waals surface area contributed by atoms with Crippen LogP contribution >= 0.6 is 38.3 Å². The summed E-state index contributed by atoms with van der Waals surface area (Å²) in [4.78, 5) is 165. The van der Waals surface area contributed by atoms with Crippen LogP contribution < -0.4 is 40.3 Å². The van der Waals surface area contributed by atoms with Crippen molar-refractivity contribution in [2.24, 2.45) is 17.2 Å². The number of aromatic carboxylic acids is 1. The third kappa shape index (κ3) is 57.4. The third-order valence-corrected chi connectivity index (χ3v) is 14.2. The Morgan fingerprint density at radius 1 is 0.566 bits per heavy atom. The Hall–Kier alpha value is -11.4. The molecule has 0 saturated carbocycles. The predicted molar refractivity (Wildman–Crippen MR) is 491 cm³/mol. The van der Waals surface area contributed by atoms with Crippen molar-refractivity contribution < 1.29 is 159 Å². The standard InChI is InChI=1S/C18H21FN4O6.C9H9BFNO5.C9H5FN2O4.C9H18N2O3.C7H5FN2O4.C7H7FN2O2.C7H6FNO2.C2H6O.4CH4.2ClH.Fe.HNO3.H3N.2Na.H2O4S.H2S/c1-9-21-11-7-10(19)8-13(23(27)28)15(11)17(26)22(9)12(16(20)25)5-6-14(24)29-18(2,3)4;1-10(15)4-5-2-6(11)3-7(12(16)17)8(5)9(13)14;1-4-11-6-2-5(10)3-7(12(14)15)8(6)9(13)16-4;1-9(2,3)14-7(12)5-4-6(10)8(11)13;1-4-6(9(11)12)2-5(8)3-7(4)10(13)14;1-4-6(9)2-5(8)3-7(4)10(11)12;1-5-2-3-6(8)4-7(5)9(10)11;1-2-3;;;;;;;;2-1(3)4;;;;1-5(2,3)4;/h7-8,12H,5-6H2,1-4H3,(H2,20,25);2-3,15H,4H2,1H3,(H,13,14);2-3H,1H3;6H,4-5,10H2,1-3H3,(H2,11,13);2-3H,1H3;2-3H,9H2,1H3;2-4H,1H3;3H,2H2,1H3;4*1H4;2*1H;;(H,2,3,4);1H3;;;(H2,1,2,3,4);1H2/t12-;;;6-;;;;;;;;;;;;;;;;;/m0..0................./s1. The maximum atomic E-state index is 13.7. The van der Waals surface area contributed by atoms with E-state index in [1.165, 1.54) is 90.3 Å². The number of amides is 2. The number of aliphatic hydroxyl groups excluding tert-OH is 1. The van der Waals surface area contributed by atoms with Crippen LogP contribution in [0.2, 0.25) is 6.82 Å². The number of fused-ring (bicyclic) bond motifs is 2. The van der Waals surface area contributed by atoms with Gasteiger partial charge in [0.25, 0.3) is 57.4 Å². The number of carboxylic acids is 1. The van der Waals surface area contributed by atoms with Crippen molar-refractivity contribution in [3.8, 4) is 0 Å². The summed E-state index contributed by atoms with van der Waals surface area (Å²) in [5, 5.41) is 112. The molecule has 0 aliphatic heterocycles. The van der Waals surface area contributed by atoms with E-state index in [1.54, 1.807) is 55.4 Å². The van der Waals surface area contributed by atoms with Gasteiger partial charge in [0, 0.05) is 72.4 Å². The van der Waals surface area contributed by atoms with Gasteiger partial charge in [-0.3, -0.25) is 108 Å². The molecule has 64 heteroatoms. The number of carbonyl (C=O) groups is 5. The summed E-state index contributed by atoms with van der Waals surface area (Å²) in [5.41, 5.74) is 13.8. The van der Waals surface area contributed by atoms with Gasteiger partial charge in [-0.15, -0.1) is 34.9 Å². The SMILES string of the molecule is C.C.C.C.CB(O)Cc1cc(F)cc([N+](=O)[O-])c1C(=O)O.CC(C)(C)OC(=O)CC[C@H](N)C(N)=O.CCO.Cc1c(N)cc(F)cc1[N+](=O)[O-].Cc1c([N+](=O)[O-])cc(F)cc1[N+](=O)[O-].Cc1ccc(F)cc1[N+](=O)[O-].Cc1nc2cc(F)cc([N+](=O)[O-])c2c(=O)n1[C@@H](CCC(=O)OC(C)(C)C)C(N)=O.Cc1nc2cc(F)cc([N+](=O)[O-])c2c(=O)o1.Cl.Cl.N.O=S(=O)(O)O.O=[N+]([O-])O.S.[Fe].[Na][Na]. The quantitative estimate of drug-likeness (QED) is 0.00681. The number of benzene rings is 6. The molecule has 8 rings (SSSR count). The number of non-ortho nitro benzene ring substituents is 2. The molecule has 0 fully saturated rings. The number of hydrogen-bond acceptors (Lipinski definition) is 35. The Kier molecular flexibility index (Phi) is 77.5. The molecule has 2 atom stereocenters. The van der Waals surface area contributed by atoms with E-state index in [0.717, 1.165) is 41.0 Å². The summed E-state index contributed by atoms with van der Waals surface area (Å²) >= 11 is 2.89. The van der Waals surface area contributed by atoms with Crippen molar-refractivity contribution in [3.05, 3.63) is 255 Å². The second kappa shape index (κ2) is 70.2. The number of aryl methyl sites for hydroxylation is 3. The van der Waals surface area contributed by atoms with Crippen molar-refractivity contribution in [1.82, 2.24) is 20.7 Å². The number of carbonyl (C=O) groups excluding carboxylic acids is 4. The minimum absolute atomic E-state index is 0. The van der Waals surface area contributed by atoms with Crippen LogP contribution in [-0.4, -0.2) is 196 Å². The summed E-state index contributed by atoms with van der Waals surface area (Å²) in [6.45, 7) is 19.8. The van der Waals surface area contributed by atoms with Crippen LogP contribution in [0.5, 0.6) is 0 Å². The summed E-state index contributed by atoms with van der Waals surface area (Å²) in [6.07, 6.45) is -0.223. The topological polar surface area (TPSA) is 822 Å². The number of nitrogens with two attached hydrogens (primary N) is 4. The van der Waals surface area contributed by atoms with Crippen LogP contribution in [0.4, 0.5) is 71.8 Å². The number of primary amides is 2. The molecular formula is C72H103BCl2F6FeN16Na2O34S2. The van der Waals surface area contributed by atoms with Gasteiger partial charge >= 0.3 is 77.5 Å². The Labute approximate surface area is 829 Å². The third-order valence-electron chi connectivity index (χ3n) is 14.2. The number of nitro benzene ring substituents is 7. The fraction of sp³-hybridized carbons (Fsp3) is 0.375. The number of nitro groups is 7. The van der Waals surface area contributed by atoms with E-state index in [-0.39, 0.29) is 192 Å². The van der Waals surface area contributed by atoms with Crippen molar-refractivity contribution in [3.63, 3.8) is 0 Å². The van der Waals surface area contributed by atoms with Gasteiger partial charge in [-0.25, -0.2) is 45.9 Å². The van der Waals surface area contributed by atoms with Gasteiger partial charge in [-0.05, 0) is 125 Å².